The van der Waals surface area contributed by atoms with Crippen LogP contribution in [0.4, 0.5) is 4.39 Å². The number of hydrogen-bond acceptors (Lipinski definition) is 6. The van der Waals surface area contributed by atoms with Gasteiger partial charge in [0.05, 0.1) is 16.6 Å². The Hall–Kier alpha value is -1.99. The number of carboxylic acids is 1. The summed E-state index contributed by atoms with van der Waals surface area (Å²) >= 11 is 2.61. The maximum absolute atomic E-state index is 13.1. The number of aliphatic carboxylic acids is 1. The fourth-order valence-electron chi connectivity index (χ4n) is 2.21. The standard InChI is InChI=1S/C16H13FN2O2S2/c1-2-12(16(20)21)23-15-13-11(7-22-14(13)18-8-19-15)9-3-5-10(17)6-4-9/h3-8,12H,2H2,1H3,(H,20,21)/p-1/t12-/m0/s1. The summed E-state index contributed by atoms with van der Waals surface area (Å²) in [5.41, 5.74) is 1.72. The van der Waals surface area contributed by atoms with Gasteiger partial charge in [-0.25, -0.2) is 14.4 Å². The molecule has 0 aliphatic heterocycles. The van der Waals surface area contributed by atoms with Crippen molar-refractivity contribution < 1.29 is 14.3 Å². The first-order valence-corrected chi connectivity index (χ1v) is 8.71. The summed E-state index contributed by atoms with van der Waals surface area (Å²) in [6, 6.07) is 6.17. The molecule has 0 spiro atoms. The minimum absolute atomic E-state index is 0.304. The van der Waals surface area contributed by atoms with Crippen molar-refractivity contribution in [3.8, 4) is 11.1 Å². The molecule has 118 valence electrons. The Morgan fingerprint density at radius 3 is 2.74 bits per heavy atom. The Kier molecular flexibility index (Phi) is 4.58. The van der Waals surface area contributed by atoms with Crippen molar-refractivity contribution in [2.45, 2.75) is 23.6 Å². The normalized spacial score (nSPS) is 12.4. The Morgan fingerprint density at radius 2 is 2.09 bits per heavy atom. The zero-order valence-corrected chi connectivity index (χ0v) is 13.8. The van der Waals surface area contributed by atoms with Crippen molar-refractivity contribution in [2.75, 3.05) is 0 Å². The molecule has 2 aromatic heterocycles. The minimum atomic E-state index is -1.11. The van der Waals surface area contributed by atoms with Gasteiger partial charge in [-0.2, -0.15) is 0 Å². The number of halogens is 1. The number of carbonyl (C=O) groups excluding carboxylic acids is 1. The smallest absolute Gasteiger partial charge is 0.128 e. The fourth-order valence-corrected chi connectivity index (χ4v) is 4.16. The second-order valence-electron chi connectivity index (χ2n) is 4.85. The van der Waals surface area contributed by atoms with Gasteiger partial charge in [0, 0.05) is 10.9 Å². The number of hydrogen-bond donors (Lipinski definition) is 0. The quantitative estimate of drug-likeness (QED) is 0.524. The van der Waals surface area contributed by atoms with Crippen molar-refractivity contribution >= 4 is 39.3 Å². The van der Waals surface area contributed by atoms with Gasteiger partial charge in [0.15, 0.2) is 0 Å². The fraction of sp³-hybridized carbons (Fsp3) is 0.188. The molecule has 0 saturated carbocycles. The Morgan fingerprint density at radius 1 is 1.35 bits per heavy atom. The third kappa shape index (κ3) is 3.20. The van der Waals surface area contributed by atoms with Crippen molar-refractivity contribution in [2.24, 2.45) is 0 Å². The molecule has 3 aromatic rings. The van der Waals surface area contributed by atoms with Crippen LogP contribution in [-0.2, 0) is 4.79 Å². The first kappa shape index (κ1) is 15.9. The van der Waals surface area contributed by atoms with E-state index in [4.69, 9.17) is 0 Å². The summed E-state index contributed by atoms with van der Waals surface area (Å²) in [6.07, 6.45) is 1.87. The van der Waals surface area contributed by atoms with E-state index in [0.29, 0.717) is 11.4 Å². The zero-order chi connectivity index (χ0) is 16.4. The van der Waals surface area contributed by atoms with Gasteiger partial charge in [0.1, 0.15) is 22.0 Å². The monoisotopic (exact) mass is 347 g/mol. The molecule has 0 amide bonds. The van der Waals surface area contributed by atoms with Gasteiger partial charge in [-0.05, 0) is 24.1 Å². The van der Waals surface area contributed by atoms with Gasteiger partial charge in [-0.15, -0.1) is 11.3 Å². The highest BCUT2D eigenvalue weighted by Crippen LogP contribution is 2.39. The topological polar surface area (TPSA) is 65.9 Å². The number of fused-ring (bicyclic) bond motifs is 1. The van der Waals surface area contributed by atoms with Crippen LogP contribution in [-0.4, -0.2) is 21.2 Å². The molecule has 1 aromatic carbocycles. The van der Waals surface area contributed by atoms with Crippen LogP contribution in [0.25, 0.3) is 21.3 Å². The summed E-state index contributed by atoms with van der Waals surface area (Å²) in [5, 5.41) is 13.8. The molecule has 0 aliphatic rings. The molecule has 7 heteroatoms. The zero-order valence-electron chi connectivity index (χ0n) is 12.2. The van der Waals surface area contributed by atoms with Gasteiger partial charge in [0.2, 0.25) is 0 Å². The molecule has 23 heavy (non-hydrogen) atoms. The van der Waals surface area contributed by atoms with E-state index < -0.39 is 11.2 Å². The first-order valence-electron chi connectivity index (χ1n) is 6.95. The largest absolute Gasteiger partial charge is 0.549 e. The number of nitrogens with zero attached hydrogens (tertiary/aromatic N) is 2. The lowest BCUT2D eigenvalue weighted by molar-refractivity contribution is -0.304. The molecule has 1 atom stereocenters. The summed E-state index contributed by atoms with van der Waals surface area (Å²) in [5.74, 6) is -1.41. The number of carboxylic acid groups (broad SMARTS) is 1. The van der Waals surface area contributed by atoms with Crippen LogP contribution in [0, 0.1) is 5.82 Å². The number of thiophene rings is 1. The molecule has 0 saturated heterocycles. The number of rotatable bonds is 5. The van der Waals surface area contributed by atoms with Crippen molar-refractivity contribution in [3.05, 3.63) is 41.8 Å². The first-order chi connectivity index (χ1) is 11.1. The van der Waals surface area contributed by atoms with Crippen LogP contribution in [0.15, 0.2) is 41.0 Å². The van der Waals surface area contributed by atoms with E-state index in [9.17, 15) is 14.3 Å². The molecular formula is C16H12FN2O2S2-. The van der Waals surface area contributed by atoms with Gasteiger partial charge in [-0.1, -0.05) is 30.8 Å². The number of benzene rings is 1. The lowest BCUT2D eigenvalue weighted by atomic mass is 10.1. The lowest BCUT2D eigenvalue weighted by Gasteiger charge is -2.15. The van der Waals surface area contributed by atoms with Gasteiger partial charge in [-0.3, -0.25) is 0 Å². The van der Waals surface area contributed by atoms with E-state index in [0.717, 1.165) is 33.1 Å². The average Bonchev–Trinajstić information content (AvgIpc) is 2.98. The SMILES string of the molecule is CC[C@H](Sc1ncnc2scc(-c3ccc(F)cc3)c12)C(=O)[O-]. The van der Waals surface area contributed by atoms with E-state index in [2.05, 4.69) is 9.97 Å². The maximum atomic E-state index is 13.1. The van der Waals surface area contributed by atoms with Crippen LogP contribution in [0.3, 0.4) is 0 Å². The predicted molar refractivity (Wildman–Crippen MR) is 87.8 cm³/mol. The molecule has 0 radical (unpaired) electrons. The third-order valence-corrected chi connectivity index (χ3v) is 5.61. The molecule has 3 rings (SSSR count). The number of carbonyl (C=O) groups is 1. The van der Waals surface area contributed by atoms with Crippen molar-refractivity contribution in [1.29, 1.82) is 0 Å². The second-order valence-corrected chi connectivity index (χ2v) is 6.90. The van der Waals surface area contributed by atoms with Crippen molar-refractivity contribution in [1.82, 2.24) is 9.97 Å². The highest BCUT2D eigenvalue weighted by Gasteiger charge is 2.17. The lowest BCUT2D eigenvalue weighted by Crippen LogP contribution is -2.33. The van der Waals surface area contributed by atoms with Crippen LogP contribution in [0.2, 0.25) is 0 Å². The number of thioether (sulfide) groups is 1. The van der Waals surface area contributed by atoms with E-state index in [-0.39, 0.29) is 5.82 Å². The second kappa shape index (κ2) is 6.64. The van der Waals surface area contributed by atoms with E-state index in [1.165, 1.54) is 29.8 Å². The van der Waals surface area contributed by atoms with Gasteiger partial charge < -0.3 is 9.90 Å². The molecule has 0 aliphatic carbocycles. The Labute approximate surface area is 140 Å². The molecule has 0 N–H and O–H groups in total. The summed E-state index contributed by atoms with van der Waals surface area (Å²) < 4.78 is 13.1. The Bertz CT molecular complexity index is 849. The average molecular weight is 347 g/mol. The van der Waals surface area contributed by atoms with E-state index >= 15 is 0 Å². The molecule has 0 bridgehead atoms. The van der Waals surface area contributed by atoms with E-state index in [1.54, 1.807) is 19.1 Å². The van der Waals surface area contributed by atoms with Gasteiger partial charge in [0.25, 0.3) is 0 Å². The third-order valence-electron chi connectivity index (χ3n) is 3.38. The van der Waals surface area contributed by atoms with Gasteiger partial charge >= 0.3 is 0 Å². The summed E-state index contributed by atoms with van der Waals surface area (Å²) in [4.78, 5) is 20.4. The van der Waals surface area contributed by atoms with E-state index in [1.807, 2.05) is 5.38 Å². The molecule has 4 nitrogen and oxygen atoms in total. The van der Waals surface area contributed by atoms with Crippen molar-refractivity contribution in [3.63, 3.8) is 0 Å². The highest BCUT2D eigenvalue weighted by atomic mass is 32.2. The predicted octanol–water partition coefficient (Wildman–Crippen LogP) is 3.12. The number of aromatic nitrogens is 2. The summed E-state index contributed by atoms with van der Waals surface area (Å²) in [6.45, 7) is 1.79. The summed E-state index contributed by atoms with van der Waals surface area (Å²) in [7, 11) is 0. The van der Waals surface area contributed by atoms with Crippen LogP contribution >= 0.6 is 23.1 Å². The molecule has 0 fully saturated rings. The van der Waals surface area contributed by atoms with Crippen LogP contribution in [0.1, 0.15) is 13.3 Å². The maximum Gasteiger partial charge on any atom is 0.128 e. The molecule has 0 unspecified atom stereocenters. The highest BCUT2D eigenvalue weighted by molar-refractivity contribution is 8.00. The van der Waals surface area contributed by atoms with Crippen LogP contribution in [0.5, 0.6) is 0 Å². The molecular weight excluding hydrogens is 335 g/mol. The minimum Gasteiger partial charge on any atom is -0.549 e. The Balaban J connectivity index is 2.10. The van der Waals surface area contributed by atoms with Crippen LogP contribution < -0.4 is 5.11 Å². The molecule has 2 heterocycles.